The molecule has 0 saturated carbocycles. The Morgan fingerprint density at radius 2 is 1.95 bits per heavy atom. The highest BCUT2D eigenvalue weighted by molar-refractivity contribution is 7.92. The number of sulfone groups is 1. The quantitative estimate of drug-likeness (QED) is 0.921. The fourth-order valence-electron chi connectivity index (χ4n) is 1.99. The van der Waals surface area contributed by atoms with E-state index in [4.69, 9.17) is 0 Å². The molecular formula is C12H15F2NO3S. The van der Waals surface area contributed by atoms with Crippen molar-refractivity contribution in [3.8, 4) is 5.75 Å². The maximum atomic E-state index is 12.0. The van der Waals surface area contributed by atoms with Gasteiger partial charge in [-0.3, -0.25) is 0 Å². The molecule has 2 atom stereocenters. The van der Waals surface area contributed by atoms with Gasteiger partial charge in [0, 0.05) is 12.6 Å². The minimum absolute atomic E-state index is 0.0171. The van der Waals surface area contributed by atoms with Crippen molar-refractivity contribution in [2.75, 3.05) is 12.3 Å². The summed E-state index contributed by atoms with van der Waals surface area (Å²) in [6.07, 6.45) is 0. The first kappa shape index (κ1) is 14.2. The average molecular weight is 291 g/mol. The minimum atomic E-state index is -3.10. The maximum Gasteiger partial charge on any atom is 0.387 e. The molecule has 0 aromatic heterocycles. The molecule has 1 N–H and O–H groups in total. The number of ether oxygens (including phenoxy) is 1. The van der Waals surface area contributed by atoms with E-state index < -0.39 is 21.7 Å². The first-order valence-electron chi connectivity index (χ1n) is 5.88. The largest absolute Gasteiger partial charge is 0.435 e. The Balaban J connectivity index is 2.11. The van der Waals surface area contributed by atoms with E-state index in [9.17, 15) is 17.2 Å². The first-order valence-corrected chi connectivity index (χ1v) is 7.60. The van der Waals surface area contributed by atoms with E-state index >= 15 is 0 Å². The normalized spacial score (nSPS) is 26.3. The second kappa shape index (κ2) is 5.42. The summed E-state index contributed by atoms with van der Waals surface area (Å²) < 4.78 is 51.9. The Bertz CT molecular complexity index is 530. The predicted molar refractivity (Wildman–Crippen MR) is 67.1 cm³/mol. The number of nitrogens with one attached hydrogen (secondary N) is 1. The van der Waals surface area contributed by atoms with E-state index in [1.807, 2.05) is 0 Å². The summed E-state index contributed by atoms with van der Waals surface area (Å²) in [5, 5.41) is 2.73. The van der Waals surface area contributed by atoms with Crippen LogP contribution in [0, 0.1) is 0 Å². The third-order valence-electron chi connectivity index (χ3n) is 3.17. The molecule has 1 aromatic rings. The molecule has 0 amide bonds. The van der Waals surface area contributed by atoms with E-state index in [0.717, 1.165) is 5.56 Å². The smallest absolute Gasteiger partial charge is 0.387 e. The van der Waals surface area contributed by atoms with Crippen LogP contribution in [-0.2, 0) is 9.84 Å². The first-order chi connectivity index (χ1) is 8.88. The van der Waals surface area contributed by atoms with Crippen LogP contribution in [0.1, 0.15) is 18.5 Å². The zero-order chi connectivity index (χ0) is 14.0. The van der Waals surface area contributed by atoms with Crippen LogP contribution >= 0.6 is 0 Å². The van der Waals surface area contributed by atoms with Gasteiger partial charge in [0.15, 0.2) is 9.84 Å². The highest BCUT2D eigenvalue weighted by atomic mass is 32.2. The highest BCUT2D eigenvalue weighted by Gasteiger charge is 2.31. The molecule has 1 saturated heterocycles. The number of benzene rings is 1. The summed E-state index contributed by atoms with van der Waals surface area (Å²) in [7, 11) is -3.10. The summed E-state index contributed by atoms with van der Waals surface area (Å²) in [6, 6.07) is 5.71. The lowest BCUT2D eigenvalue weighted by Gasteiger charge is -2.28. The van der Waals surface area contributed by atoms with Crippen molar-refractivity contribution in [3.05, 3.63) is 29.8 Å². The molecule has 2 unspecified atom stereocenters. The van der Waals surface area contributed by atoms with E-state index in [1.165, 1.54) is 12.1 Å². The standard InChI is InChI=1S/C12H15F2NO3S/c1-8-6-15-11(7-19(8,16)17)9-2-4-10(5-3-9)18-12(13)14/h2-5,8,11-12,15H,6-7H2,1H3. The van der Waals surface area contributed by atoms with E-state index in [-0.39, 0.29) is 17.5 Å². The van der Waals surface area contributed by atoms with Gasteiger partial charge in [-0.1, -0.05) is 12.1 Å². The minimum Gasteiger partial charge on any atom is -0.435 e. The molecule has 2 rings (SSSR count). The number of hydrogen-bond acceptors (Lipinski definition) is 4. The Labute approximate surface area is 110 Å². The number of alkyl halides is 2. The van der Waals surface area contributed by atoms with Crippen LogP contribution in [-0.4, -0.2) is 32.6 Å². The van der Waals surface area contributed by atoms with Gasteiger partial charge in [0.1, 0.15) is 5.75 Å². The van der Waals surface area contributed by atoms with Gasteiger partial charge >= 0.3 is 6.61 Å². The summed E-state index contributed by atoms with van der Waals surface area (Å²) in [5.41, 5.74) is 0.747. The summed E-state index contributed by atoms with van der Waals surface area (Å²) >= 11 is 0. The van der Waals surface area contributed by atoms with Crippen LogP contribution in [0.15, 0.2) is 24.3 Å². The molecule has 1 aromatic carbocycles. The third kappa shape index (κ3) is 3.42. The van der Waals surface area contributed by atoms with Crippen LogP contribution in [0.25, 0.3) is 0 Å². The Morgan fingerprint density at radius 1 is 1.32 bits per heavy atom. The van der Waals surface area contributed by atoms with Gasteiger partial charge in [-0.15, -0.1) is 0 Å². The predicted octanol–water partition coefficient (Wildman–Crippen LogP) is 1.74. The van der Waals surface area contributed by atoms with Crippen LogP contribution in [0.5, 0.6) is 5.75 Å². The molecule has 1 aliphatic rings. The maximum absolute atomic E-state index is 12.0. The lowest BCUT2D eigenvalue weighted by atomic mass is 10.1. The molecule has 0 aliphatic carbocycles. The molecule has 1 heterocycles. The van der Waals surface area contributed by atoms with Crippen molar-refractivity contribution < 1.29 is 21.9 Å². The molecule has 19 heavy (non-hydrogen) atoms. The van der Waals surface area contributed by atoms with Crippen molar-refractivity contribution in [3.63, 3.8) is 0 Å². The number of halogens is 2. The molecule has 0 radical (unpaired) electrons. The van der Waals surface area contributed by atoms with Gasteiger partial charge in [-0.05, 0) is 24.6 Å². The summed E-state index contributed by atoms with van der Waals surface area (Å²) in [4.78, 5) is 0. The van der Waals surface area contributed by atoms with Crippen molar-refractivity contribution in [1.29, 1.82) is 0 Å². The van der Waals surface area contributed by atoms with E-state index in [2.05, 4.69) is 10.1 Å². The van der Waals surface area contributed by atoms with Crippen LogP contribution in [0.2, 0.25) is 0 Å². The Kier molecular flexibility index (Phi) is 4.05. The highest BCUT2D eigenvalue weighted by Crippen LogP contribution is 2.24. The van der Waals surface area contributed by atoms with Crippen molar-refractivity contribution in [2.45, 2.75) is 24.8 Å². The second-order valence-electron chi connectivity index (χ2n) is 4.55. The monoisotopic (exact) mass is 291 g/mol. The molecule has 0 spiro atoms. The van der Waals surface area contributed by atoms with Gasteiger partial charge in [0.2, 0.25) is 0 Å². The summed E-state index contributed by atoms with van der Waals surface area (Å²) in [5.74, 6) is 0.0780. The Hall–Kier alpha value is -1.21. The van der Waals surface area contributed by atoms with Crippen LogP contribution in [0.3, 0.4) is 0 Å². The third-order valence-corrected chi connectivity index (χ3v) is 5.36. The number of hydrogen-bond donors (Lipinski definition) is 1. The van der Waals surface area contributed by atoms with Crippen molar-refractivity contribution in [1.82, 2.24) is 5.32 Å². The van der Waals surface area contributed by atoms with Gasteiger partial charge in [-0.2, -0.15) is 8.78 Å². The molecule has 4 nitrogen and oxygen atoms in total. The van der Waals surface area contributed by atoms with E-state index in [1.54, 1.807) is 19.1 Å². The molecule has 1 fully saturated rings. The topological polar surface area (TPSA) is 55.4 Å². The molecule has 0 bridgehead atoms. The van der Waals surface area contributed by atoms with E-state index in [0.29, 0.717) is 6.54 Å². The van der Waals surface area contributed by atoms with Crippen molar-refractivity contribution in [2.24, 2.45) is 0 Å². The molecule has 106 valence electrons. The van der Waals surface area contributed by atoms with Gasteiger partial charge in [-0.25, -0.2) is 8.42 Å². The summed E-state index contributed by atoms with van der Waals surface area (Å²) in [6.45, 7) is -0.805. The van der Waals surface area contributed by atoms with Crippen molar-refractivity contribution >= 4 is 9.84 Å². The van der Waals surface area contributed by atoms with Crippen LogP contribution < -0.4 is 10.1 Å². The lowest BCUT2D eigenvalue weighted by molar-refractivity contribution is -0.0498. The van der Waals surface area contributed by atoms with Gasteiger partial charge < -0.3 is 10.1 Å². The van der Waals surface area contributed by atoms with Gasteiger partial charge in [0.05, 0.1) is 11.0 Å². The molecule has 1 aliphatic heterocycles. The zero-order valence-electron chi connectivity index (χ0n) is 10.3. The lowest BCUT2D eigenvalue weighted by Crippen LogP contribution is -2.44. The fourth-order valence-corrected chi connectivity index (χ4v) is 3.44. The molecule has 7 heteroatoms. The zero-order valence-corrected chi connectivity index (χ0v) is 11.2. The second-order valence-corrected chi connectivity index (χ2v) is 7.01. The Morgan fingerprint density at radius 3 is 2.47 bits per heavy atom. The number of rotatable bonds is 3. The van der Waals surface area contributed by atoms with Crippen LogP contribution in [0.4, 0.5) is 8.78 Å². The fraction of sp³-hybridized carbons (Fsp3) is 0.500. The molecular weight excluding hydrogens is 276 g/mol. The average Bonchev–Trinajstić information content (AvgIpc) is 2.33. The SMILES string of the molecule is CC1CNC(c2ccc(OC(F)F)cc2)CS1(=O)=O. The van der Waals surface area contributed by atoms with Gasteiger partial charge in [0.25, 0.3) is 0 Å².